The maximum atomic E-state index is 12.4. The summed E-state index contributed by atoms with van der Waals surface area (Å²) in [6.07, 6.45) is 1.59. The molecule has 0 fully saturated rings. The Morgan fingerprint density at radius 2 is 2.00 bits per heavy atom. The number of hydrogen-bond acceptors (Lipinski definition) is 2. The zero-order chi connectivity index (χ0) is 16.3. The van der Waals surface area contributed by atoms with E-state index in [4.69, 9.17) is 23.2 Å². The van der Waals surface area contributed by atoms with Crippen LogP contribution in [0.4, 0.5) is 0 Å². The summed E-state index contributed by atoms with van der Waals surface area (Å²) in [7, 11) is 1.69. The van der Waals surface area contributed by atoms with Gasteiger partial charge >= 0.3 is 0 Å². The van der Waals surface area contributed by atoms with Crippen LogP contribution in [0.5, 0.6) is 0 Å². The van der Waals surface area contributed by atoms with Crippen molar-refractivity contribution in [3.8, 4) is 0 Å². The molecule has 1 unspecified atom stereocenters. The van der Waals surface area contributed by atoms with E-state index in [0.717, 1.165) is 5.56 Å². The summed E-state index contributed by atoms with van der Waals surface area (Å²) in [6.45, 7) is 1.87. The molecule has 0 aliphatic heterocycles. The number of benzene rings is 1. The van der Waals surface area contributed by atoms with Crippen molar-refractivity contribution < 1.29 is 4.79 Å². The van der Waals surface area contributed by atoms with Crippen molar-refractivity contribution in [3.05, 3.63) is 68.6 Å². The number of likely N-dealkylation sites (N-methyl/N-ethyl adjacent to an activating group) is 1. The molecular formula is C16H16Cl2N2O2. The number of amides is 1. The van der Waals surface area contributed by atoms with E-state index in [1.165, 1.54) is 10.6 Å². The topological polar surface area (TPSA) is 42.3 Å². The lowest BCUT2D eigenvalue weighted by Crippen LogP contribution is -2.35. The standard InChI is InChI=1S/C16H16Cl2N2O2/c1-11(13-7-6-12(17)9-14(13)18)19(2)16(22)10-20-8-4-3-5-15(20)21/h3-9,11H,10H2,1-2H3. The van der Waals surface area contributed by atoms with Crippen molar-refractivity contribution >= 4 is 29.1 Å². The predicted octanol–water partition coefficient (Wildman–Crippen LogP) is 3.37. The average molecular weight is 339 g/mol. The summed E-state index contributed by atoms with van der Waals surface area (Å²) in [6, 6.07) is 9.74. The van der Waals surface area contributed by atoms with Crippen LogP contribution in [-0.2, 0) is 11.3 Å². The fourth-order valence-electron chi connectivity index (χ4n) is 2.11. The molecule has 1 aromatic carbocycles. The van der Waals surface area contributed by atoms with Gasteiger partial charge in [0.25, 0.3) is 5.56 Å². The number of carbonyl (C=O) groups is 1. The number of aromatic nitrogens is 1. The molecule has 0 aliphatic rings. The van der Waals surface area contributed by atoms with Crippen molar-refractivity contribution in [1.29, 1.82) is 0 Å². The van der Waals surface area contributed by atoms with Crippen molar-refractivity contribution in [2.24, 2.45) is 0 Å². The van der Waals surface area contributed by atoms with Gasteiger partial charge in [0.2, 0.25) is 5.91 Å². The third-order valence-corrected chi connectivity index (χ3v) is 4.15. The van der Waals surface area contributed by atoms with E-state index in [0.29, 0.717) is 10.0 Å². The minimum Gasteiger partial charge on any atom is -0.337 e. The Morgan fingerprint density at radius 1 is 1.27 bits per heavy atom. The molecule has 0 N–H and O–H groups in total. The third-order valence-electron chi connectivity index (χ3n) is 3.59. The number of halogens is 2. The van der Waals surface area contributed by atoms with E-state index < -0.39 is 0 Å². The van der Waals surface area contributed by atoms with Gasteiger partial charge in [0.15, 0.2) is 0 Å². The van der Waals surface area contributed by atoms with E-state index in [-0.39, 0.29) is 24.1 Å². The molecule has 1 amide bonds. The highest BCUT2D eigenvalue weighted by Gasteiger charge is 2.20. The van der Waals surface area contributed by atoms with Crippen molar-refractivity contribution in [2.45, 2.75) is 19.5 Å². The lowest BCUT2D eigenvalue weighted by Gasteiger charge is -2.26. The summed E-state index contributed by atoms with van der Waals surface area (Å²) in [5, 5.41) is 1.06. The summed E-state index contributed by atoms with van der Waals surface area (Å²) >= 11 is 12.1. The van der Waals surface area contributed by atoms with Crippen molar-refractivity contribution in [2.75, 3.05) is 7.05 Å². The van der Waals surface area contributed by atoms with E-state index in [2.05, 4.69) is 0 Å². The second kappa shape index (κ2) is 6.99. The number of pyridine rings is 1. The summed E-state index contributed by atoms with van der Waals surface area (Å²) < 4.78 is 1.37. The molecule has 1 aromatic heterocycles. The molecule has 22 heavy (non-hydrogen) atoms. The Bertz CT molecular complexity index is 743. The minimum atomic E-state index is -0.225. The molecule has 0 aliphatic carbocycles. The first kappa shape index (κ1) is 16.6. The lowest BCUT2D eigenvalue weighted by atomic mass is 10.1. The minimum absolute atomic E-state index is 0.00821. The van der Waals surface area contributed by atoms with Gasteiger partial charge < -0.3 is 9.47 Å². The number of rotatable bonds is 4. The largest absolute Gasteiger partial charge is 0.337 e. The smallest absolute Gasteiger partial charge is 0.250 e. The molecule has 2 rings (SSSR count). The highest BCUT2D eigenvalue weighted by molar-refractivity contribution is 6.35. The maximum Gasteiger partial charge on any atom is 0.250 e. The fraction of sp³-hybridized carbons (Fsp3) is 0.250. The molecule has 2 aromatic rings. The Hall–Kier alpha value is -1.78. The molecule has 4 nitrogen and oxygen atoms in total. The van der Waals surface area contributed by atoms with E-state index >= 15 is 0 Å². The van der Waals surface area contributed by atoms with Gasteiger partial charge in [-0.1, -0.05) is 35.3 Å². The summed E-state index contributed by atoms with van der Waals surface area (Å²) in [5.41, 5.74) is 0.601. The number of hydrogen-bond donors (Lipinski definition) is 0. The molecule has 0 spiro atoms. The Balaban J connectivity index is 2.16. The van der Waals surface area contributed by atoms with Crippen LogP contribution in [0, 0.1) is 0 Å². The first-order valence-corrected chi connectivity index (χ1v) is 7.52. The van der Waals surface area contributed by atoms with Crippen LogP contribution in [0.15, 0.2) is 47.4 Å². The van der Waals surface area contributed by atoms with Crippen molar-refractivity contribution in [3.63, 3.8) is 0 Å². The Kier molecular flexibility index (Phi) is 5.27. The summed E-state index contributed by atoms with van der Waals surface area (Å²) in [4.78, 5) is 25.6. The van der Waals surface area contributed by atoms with Crippen LogP contribution in [0.2, 0.25) is 10.0 Å². The van der Waals surface area contributed by atoms with E-state index in [1.54, 1.807) is 48.5 Å². The average Bonchev–Trinajstić information content (AvgIpc) is 2.48. The molecule has 6 heteroatoms. The molecular weight excluding hydrogens is 323 g/mol. The number of nitrogens with zero attached hydrogens (tertiary/aromatic N) is 2. The fourth-order valence-corrected chi connectivity index (χ4v) is 2.68. The van der Waals surface area contributed by atoms with Gasteiger partial charge in [-0.15, -0.1) is 0 Å². The highest BCUT2D eigenvalue weighted by Crippen LogP contribution is 2.29. The monoisotopic (exact) mass is 338 g/mol. The van der Waals surface area contributed by atoms with E-state index in [1.807, 2.05) is 6.92 Å². The Labute approximate surface area is 138 Å². The zero-order valence-electron chi connectivity index (χ0n) is 12.3. The molecule has 0 bridgehead atoms. The summed E-state index contributed by atoms with van der Waals surface area (Å²) in [5.74, 6) is -0.174. The van der Waals surface area contributed by atoms with Crippen LogP contribution in [0.25, 0.3) is 0 Å². The SMILES string of the molecule is CC(c1ccc(Cl)cc1Cl)N(C)C(=O)Cn1ccccc1=O. The van der Waals surface area contributed by atoms with Gasteiger partial charge in [-0.25, -0.2) is 0 Å². The Morgan fingerprint density at radius 3 is 2.64 bits per heavy atom. The first-order chi connectivity index (χ1) is 10.4. The van der Waals surface area contributed by atoms with Crippen LogP contribution in [0.1, 0.15) is 18.5 Å². The van der Waals surface area contributed by atoms with Crippen LogP contribution in [-0.4, -0.2) is 22.4 Å². The van der Waals surface area contributed by atoms with Crippen molar-refractivity contribution in [1.82, 2.24) is 9.47 Å². The second-order valence-electron chi connectivity index (χ2n) is 5.01. The van der Waals surface area contributed by atoms with Crippen LogP contribution < -0.4 is 5.56 Å². The second-order valence-corrected chi connectivity index (χ2v) is 5.86. The van der Waals surface area contributed by atoms with Gasteiger partial charge in [0.1, 0.15) is 6.54 Å². The predicted molar refractivity (Wildman–Crippen MR) is 88.3 cm³/mol. The van der Waals surface area contributed by atoms with Gasteiger partial charge in [-0.05, 0) is 30.7 Å². The molecule has 1 atom stereocenters. The quantitative estimate of drug-likeness (QED) is 0.857. The molecule has 0 radical (unpaired) electrons. The third kappa shape index (κ3) is 3.70. The number of carbonyl (C=O) groups excluding carboxylic acids is 1. The van der Waals surface area contributed by atoms with Gasteiger partial charge in [-0.3, -0.25) is 9.59 Å². The van der Waals surface area contributed by atoms with Crippen LogP contribution in [0.3, 0.4) is 0 Å². The normalized spacial score (nSPS) is 12.0. The zero-order valence-corrected chi connectivity index (χ0v) is 13.8. The molecule has 0 saturated carbocycles. The molecule has 116 valence electrons. The lowest BCUT2D eigenvalue weighted by molar-refractivity contribution is -0.132. The molecule has 1 heterocycles. The highest BCUT2D eigenvalue weighted by atomic mass is 35.5. The van der Waals surface area contributed by atoms with Gasteiger partial charge in [-0.2, -0.15) is 0 Å². The molecule has 0 saturated heterocycles. The first-order valence-electron chi connectivity index (χ1n) is 6.76. The maximum absolute atomic E-state index is 12.4. The van der Waals surface area contributed by atoms with Crippen LogP contribution >= 0.6 is 23.2 Å². The van der Waals surface area contributed by atoms with Gasteiger partial charge in [0.05, 0.1) is 6.04 Å². The van der Waals surface area contributed by atoms with Gasteiger partial charge in [0, 0.05) is 29.4 Å². The van der Waals surface area contributed by atoms with E-state index in [9.17, 15) is 9.59 Å².